The van der Waals surface area contributed by atoms with Crippen LogP contribution in [0.25, 0.3) is 0 Å². The van der Waals surface area contributed by atoms with Crippen LogP contribution >= 0.6 is 11.3 Å². The van der Waals surface area contributed by atoms with Crippen LogP contribution in [0.3, 0.4) is 0 Å². The third-order valence-electron chi connectivity index (χ3n) is 5.62. The maximum Gasteiger partial charge on any atom is 0.259 e. The SMILES string of the molecule is CCN1CCN(Cc2ccc(O[C@@H](CCNC)c3cccs3)cc2)C(=O)c2cncnc21. The van der Waals surface area contributed by atoms with Crippen LogP contribution in [0.1, 0.15) is 40.2 Å². The minimum absolute atomic E-state index is 0.0250. The van der Waals surface area contributed by atoms with E-state index in [1.54, 1.807) is 17.5 Å². The zero-order valence-corrected chi connectivity index (χ0v) is 19.3. The monoisotopic (exact) mass is 451 g/mol. The maximum absolute atomic E-state index is 13.1. The van der Waals surface area contributed by atoms with E-state index < -0.39 is 0 Å². The number of anilines is 1. The summed E-state index contributed by atoms with van der Waals surface area (Å²) in [6.07, 6.45) is 4.05. The number of fused-ring (bicyclic) bond motifs is 1. The van der Waals surface area contributed by atoms with Crippen molar-refractivity contribution in [2.45, 2.75) is 26.0 Å². The number of hydrogen-bond acceptors (Lipinski definition) is 7. The molecule has 32 heavy (non-hydrogen) atoms. The van der Waals surface area contributed by atoms with Gasteiger partial charge in [0.2, 0.25) is 0 Å². The minimum atomic E-state index is -0.0262. The van der Waals surface area contributed by atoms with Gasteiger partial charge < -0.3 is 19.9 Å². The molecule has 0 saturated carbocycles. The van der Waals surface area contributed by atoms with Crippen molar-refractivity contribution >= 4 is 23.1 Å². The minimum Gasteiger partial charge on any atom is -0.485 e. The quantitative estimate of drug-likeness (QED) is 0.534. The largest absolute Gasteiger partial charge is 0.485 e. The fourth-order valence-electron chi connectivity index (χ4n) is 3.87. The molecule has 1 aromatic carbocycles. The molecule has 4 rings (SSSR count). The molecule has 3 heterocycles. The number of carbonyl (C=O) groups is 1. The Labute approximate surface area is 193 Å². The average molecular weight is 452 g/mol. The van der Waals surface area contributed by atoms with Crippen LogP contribution in [-0.4, -0.2) is 54.0 Å². The smallest absolute Gasteiger partial charge is 0.259 e. The molecule has 168 valence electrons. The summed E-state index contributed by atoms with van der Waals surface area (Å²) in [6, 6.07) is 12.2. The number of ether oxygens (including phenoxy) is 1. The van der Waals surface area contributed by atoms with Gasteiger partial charge in [-0.05, 0) is 49.7 Å². The highest BCUT2D eigenvalue weighted by molar-refractivity contribution is 7.10. The van der Waals surface area contributed by atoms with Crippen LogP contribution in [0.4, 0.5) is 5.82 Å². The van der Waals surface area contributed by atoms with E-state index in [4.69, 9.17) is 4.74 Å². The van der Waals surface area contributed by atoms with Crippen molar-refractivity contribution in [3.63, 3.8) is 0 Å². The number of benzene rings is 1. The molecule has 8 heteroatoms. The van der Waals surface area contributed by atoms with Gasteiger partial charge in [0.1, 0.15) is 29.6 Å². The Balaban J connectivity index is 1.45. The predicted molar refractivity (Wildman–Crippen MR) is 127 cm³/mol. The highest BCUT2D eigenvalue weighted by Gasteiger charge is 2.27. The molecule has 1 aliphatic rings. The summed E-state index contributed by atoms with van der Waals surface area (Å²) in [5, 5.41) is 5.28. The van der Waals surface area contributed by atoms with Crippen molar-refractivity contribution in [1.82, 2.24) is 20.2 Å². The van der Waals surface area contributed by atoms with Crippen molar-refractivity contribution in [2.75, 3.05) is 38.1 Å². The molecule has 0 radical (unpaired) electrons. The van der Waals surface area contributed by atoms with Gasteiger partial charge in [0.05, 0.1) is 0 Å². The van der Waals surface area contributed by atoms with Crippen molar-refractivity contribution in [3.05, 3.63) is 70.3 Å². The Morgan fingerprint density at radius 2 is 2.00 bits per heavy atom. The van der Waals surface area contributed by atoms with Gasteiger partial charge in [-0.25, -0.2) is 9.97 Å². The number of aromatic nitrogens is 2. The Morgan fingerprint density at radius 1 is 1.19 bits per heavy atom. The molecule has 0 aliphatic carbocycles. The summed E-state index contributed by atoms with van der Waals surface area (Å²) in [7, 11) is 1.95. The molecule has 1 atom stereocenters. The predicted octanol–water partition coefficient (Wildman–Crippen LogP) is 3.75. The van der Waals surface area contributed by atoms with Gasteiger partial charge in [0.15, 0.2) is 0 Å². The summed E-state index contributed by atoms with van der Waals surface area (Å²) in [4.78, 5) is 26.8. The van der Waals surface area contributed by atoms with Crippen molar-refractivity contribution < 1.29 is 9.53 Å². The summed E-state index contributed by atoms with van der Waals surface area (Å²) < 4.78 is 6.29. The first kappa shape index (κ1) is 22.2. The molecule has 3 aromatic rings. The van der Waals surface area contributed by atoms with Crippen LogP contribution in [-0.2, 0) is 6.54 Å². The number of carbonyl (C=O) groups excluding carboxylic acids is 1. The van der Waals surface area contributed by atoms with Crippen molar-refractivity contribution in [3.8, 4) is 5.75 Å². The number of amides is 1. The van der Waals surface area contributed by atoms with Gasteiger partial charge in [0, 0.05) is 43.7 Å². The van der Waals surface area contributed by atoms with Crippen LogP contribution in [0.2, 0.25) is 0 Å². The van der Waals surface area contributed by atoms with Gasteiger partial charge in [-0.3, -0.25) is 4.79 Å². The van der Waals surface area contributed by atoms with Gasteiger partial charge in [0.25, 0.3) is 5.91 Å². The Bertz CT molecular complexity index is 1010. The Kier molecular flexibility index (Phi) is 7.34. The van der Waals surface area contributed by atoms with Crippen LogP contribution < -0.4 is 15.0 Å². The second kappa shape index (κ2) is 10.6. The summed E-state index contributed by atoms with van der Waals surface area (Å²) in [5.74, 6) is 1.53. The Morgan fingerprint density at radius 3 is 2.72 bits per heavy atom. The molecule has 0 unspecified atom stereocenters. The number of nitrogens with one attached hydrogen (secondary N) is 1. The number of nitrogens with zero attached hydrogens (tertiary/aromatic N) is 4. The summed E-state index contributed by atoms with van der Waals surface area (Å²) >= 11 is 1.71. The molecule has 0 bridgehead atoms. The Hall–Kier alpha value is -2.97. The fraction of sp³-hybridized carbons (Fsp3) is 0.375. The van der Waals surface area contributed by atoms with Crippen LogP contribution in [0.5, 0.6) is 5.75 Å². The van der Waals surface area contributed by atoms with E-state index in [1.165, 1.54) is 11.2 Å². The van der Waals surface area contributed by atoms with E-state index in [-0.39, 0.29) is 12.0 Å². The third-order valence-corrected chi connectivity index (χ3v) is 6.59. The van der Waals surface area contributed by atoms with Gasteiger partial charge in [-0.1, -0.05) is 18.2 Å². The lowest BCUT2D eigenvalue weighted by molar-refractivity contribution is 0.0754. The molecule has 1 amide bonds. The first-order valence-corrected chi connectivity index (χ1v) is 11.9. The van der Waals surface area contributed by atoms with E-state index in [0.717, 1.165) is 43.2 Å². The standard InChI is InChI=1S/C24H29N5O2S/c1-3-28-12-13-29(24(30)20-15-26-17-27-23(20)28)16-18-6-8-19(9-7-18)31-21(10-11-25-2)22-5-4-14-32-22/h4-9,14-15,17,21,25H,3,10-13,16H2,1-2H3/t21-/m0/s1. The first-order valence-electron chi connectivity index (χ1n) is 11.0. The van der Waals surface area contributed by atoms with Crippen LogP contribution in [0.15, 0.2) is 54.3 Å². The molecule has 0 saturated heterocycles. The first-order chi connectivity index (χ1) is 15.7. The van der Waals surface area contributed by atoms with Crippen LogP contribution in [0, 0.1) is 0 Å². The zero-order valence-electron chi connectivity index (χ0n) is 18.5. The average Bonchev–Trinajstić information content (AvgIpc) is 3.33. The van der Waals surface area contributed by atoms with E-state index in [9.17, 15) is 4.79 Å². The number of thiophene rings is 1. The molecule has 0 spiro atoms. The molecule has 1 aliphatic heterocycles. The van der Waals surface area contributed by atoms with Gasteiger partial charge >= 0.3 is 0 Å². The van der Waals surface area contributed by atoms with Crippen molar-refractivity contribution in [2.24, 2.45) is 0 Å². The second-order valence-electron chi connectivity index (χ2n) is 7.72. The highest BCUT2D eigenvalue weighted by Crippen LogP contribution is 2.28. The lowest BCUT2D eigenvalue weighted by atomic mass is 10.1. The number of hydrogen-bond donors (Lipinski definition) is 1. The van der Waals surface area contributed by atoms with Crippen molar-refractivity contribution in [1.29, 1.82) is 0 Å². The molecule has 0 fully saturated rings. The highest BCUT2D eigenvalue weighted by atomic mass is 32.1. The van der Waals surface area contributed by atoms with E-state index in [1.807, 2.05) is 36.2 Å². The van der Waals surface area contributed by atoms with Gasteiger partial charge in [-0.15, -0.1) is 11.3 Å². The topological polar surface area (TPSA) is 70.6 Å². The number of likely N-dealkylation sites (N-methyl/N-ethyl adjacent to an activating group) is 1. The summed E-state index contributed by atoms with van der Waals surface area (Å²) in [5.41, 5.74) is 1.63. The zero-order chi connectivity index (χ0) is 22.3. The molecule has 1 N–H and O–H groups in total. The van der Waals surface area contributed by atoms with E-state index >= 15 is 0 Å². The molecular formula is C24H29N5O2S. The normalized spacial score (nSPS) is 14.8. The van der Waals surface area contributed by atoms with Gasteiger partial charge in [-0.2, -0.15) is 0 Å². The molecule has 2 aromatic heterocycles. The lowest BCUT2D eigenvalue weighted by Crippen LogP contribution is -2.34. The fourth-order valence-corrected chi connectivity index (χ4v) is 4.66. The van der Waals surface area contributed by atoms with E-state index in [0.29, 0.717) is 18.7 Å². The second-order valence-corrected chi connectivity index (χ2v) is 8.70. The number of rotatable bonds is 9. The maximum atomic E-state index is 13.1. The third kappa shape index (κ3) is 5.08. The molecule has 7 nitrogen and oxygen atoms in total. The molecular weight excluding hydrogens is 422 g/mol. The lowest BCUT2D eigenvalue weighted by Gasteiger charge is -2.22. The van der Waals surface area contributed by atoms with E-state index in [2.05, 4.69) is 44.6 Å². The summed E-state index contributed by atoms with van der Waals surface area (Å²) in [6.45, 7) is 5.70.